The molecule has 0 fully saturated rings. The Hall–Kier alpha value is -1.68. The van der Waals surface area contributed by atoms with Crippen molar-refractivity contribution in [3.8, 4) is 0 Å². The summed E-state index contributed by atoms with van der Waals surface area (Å²) in [6.45, 7) is 2.01. The van der Waals surface area contributed by atoms with Crippen molar-refractivity contribution in [1.29, 1.82) is 0 Å². The third-order valence-corrected chi connectivity index (χ3v) is 4.14. The van der Waals surface area contributed by atoms with Gasteiger partial charge in [0.05, 0.1) is 12.6 Å². The van der Waals surface area contributed by atoms with Crippen molar-refractivity contribution in [3.63, 3.8) is 0 Å². The maximum Gasteiger partial charge on any atom is 0.0626 e. The largest absolute Gasteiger partial charge is 0.394 e. The SMILES string of the molecule is OC[C@H](NC1CCNCc2ccccc21)c1ccccc1. The third-order valence-electron chi connectivity index (χ3n) is 4.14. The zero-order valence-electron chi connectivity index (χ0n) is 12.1. The van der Waals surface area contributed by atoms with Gasteiger partial charge in [0, 0.05) is 12.6 Å². The molecule has 0 bridgehead atoms. The molecule has 1 unspecified atom stereocenters. The average Bonchev–Trinajstić information content (AvgIpc) is 2.76. The molecule has 110 valence electrons. The second-order valence-corrected chi connectivity index (χ2v) is 5.53. The summed E-state index contributed by atoms with van der Waals surface area (Å²) in [7, 11) is 0. The van der Waals surface area contributed by atoms with E-state index in [9.17, 15) is 5.11 Å². The maximum absolute atomic E-state index is 9.75. The van der Waals surface area contributed by atoms with Crippen LogP contribution in [0.1, 0.15) is 35.2 Å². The highest BCUT2D eigenvalue weighted by Gasteiger charge is 2.21. The minimum atomic E-state index is -0.0256. The lowest BCUT2D eigenvalue weighted by Gasteiger charge is -2.25. The van der Waals surface area contributed by atoms with Crippen molar-refractivity contribution in [1.82, 2.24) is 10.6 Å². The van der Waals surface area contributed by atoms with E-state index in [1.54, 1.807) is 0 Å². The number of aliphatic hydroxyl groups excluding tert-OH is 1. The molecule has 3 N–H and O–H groups in total. The molecule has 21 heavy (non-hydrogen) atoms. The summed E-state index contributed by atoms with van der Waals surface area (Å²) in [5.74, 6) is 0. The molecule has 1 aliphatic heterocycles. The Labute approximate surface area is 126 Å². The molecule has 3 nitrogen and oxygen atoms in total. The quantitative estimate of drug-likeness (QED) is 0.807. The van der Waals surface area contributed by atoms with Gasteiger partial charge in [0.25, 0.3) is 0 Å². The Balaban J connectivity index is 1.83. The fourth-order valence-electron chi connectivity index (χ4n) is 3.02. The summed E-state index contributed by atoms with van der Waals surface area (Å²) >= 11 is 0. The lowest BCUT2D eigenvalue weighted by molar-refractivity contribution is 0.231. The van der Waals surface area contributed by atoms with E-state index in [2.05, 4.69) is 47.0 Å². The maximum atomic E-state index is 9.75. The van der Waals surface area contributed by atoms with Gasteiger partial charge in [-0.1, -0.05) is 54.6 Å². The first-order valence-corrected chi connectivity index (χ1v) is 7.59. The smallest absolute Gasteiger partial charge is 0.0626 e. The highest BCUT2D eigenvalue weighted by molar-refractivity contribution is 5.31. The molecule has 1 aliphatic rings. The van der Waals surface area contributed by atoms with E-state index in [0.717, 1.165) is 25.1 Å². The summed E-state index contributed by atoms with van der Waals surface area (Å²) < 4.78 is 0. The second kappa shape index (κ2) is 6.85. The molecule has 0 spiro atoms. The van der Waals surface area contributed by atoms with Crippen LogP contribution in [-0.2, 0) is 6.54 Å². The Bertz CT molecular complexity index is 570. The van der Waals surface area contributed by atoms with Crippen LogP contribution in [0.2, 0.25) is 0 Å². The van der Waals surface area contributed by atoms with Gasteiger partial charge in [0.2, 0.25) is 0 Å². The molecular formula is C18H22N2O. The number of rotatable bonds is 4. The van der Waals surface area contributed by atoms with Gasteiger partial charge in [0.1, 0.15) is 0 Å². The number of hydrogen-bond donors (Lipinski definition) is 3. The number of aliphatic hydroxyl groups is 1. The van der Waals surface area contributed by atoms with Gasteiger partial charge in [-0.25, -0.2) is 0 Å². The van der Waals surface area contributed by atoms with Crippen molar-refractivity contribution >= 4 is 0 Å². The van der Waals surface area contributed by atoms with Crippen LogP contribution in [0.15, 0.2) is 54.6 Å². The predicted octanol–water partition coefficient (Wildman–Crippen LogP) is 2.54. The van der Waals surface area contributed by atoms with Gasteiger partial charge < -0.3 is 15.7 Å². The van der Waals surface area contributed by atoms with Crippen LogP contribution in [0.4, 0.5) is 0 Å². The van der Waals surface area contributed by atoms with E-state index in [1.807, 2.05) is 18.2 Å². The molecule has 0 saturated heterocycles. The molecule has 0 radical (unpaired) electrons. The minimum absolute atomic E-state index is 0.0256. The van der Waals surface area contributed by atoms with Crippen molar-refractivity contribution in [3.05, 3.63) is 71.3 Å². The van der Waals surface area contributed by atoms with Gasteiger partial charge in [0.15, 0.2) is 0 Å². The Morgan fingerprint density at radius 1 is 1.10 bits per heavy atom. The summed E-state index contributed by atoms with van der Waals surface area (Å²) in [5.41, 5.74) is 3.82. The van der Waals surface area contributed by atoms with Crippen molar-refractivity contribution in [2.24, 2.45) is 0 Å². The van der Waals surface area contributed by atoms with E-state index in [1.165, 1.54) is 11.1 Å². The Kier molecular flexibility index (Phi) is 4.65. The molecule has 0 aromatic heterocycles. The Morgan fingerprint density at radius 3 is 2.67 bits per heavy atom. The second-order valence-electron chi connectivity index (χ2n) is 5.53. The van der Waals surface area contributed by atoms with E-state index in [4.69, 9.17) is 0 Å². The van der Waals surface area contributed by atoms with Crippen LogP contribution in [0.25, 0.3) is 0 Å². The number of nitrogens with one attached hydrogen (secondary N) is 2. The topological polar surface area (TPSA) is 44.3 Å². The van der Waals surface area contributed by atoms with Crippen LogP contribution >= 0.6 is 0 Å². The van der Waals surface area contributed by atoms with Crippen LogP contribution in [-0.4, -0.2) is 18.3 Å². The molecule has 2 aromatic rings. The first-order chi connectivity index (χ1) is 10.4. The van der Waals surface area contributed by atoms with E-state index in [0.29, 0.717) is 0 Å². The van der Waals surface area contributed by atoms with Crippen molar-refractivity contribution in [2.45, 2.75) is 25.0 Å². The number of fused-ring (bicyclic) bond motifs is 1. The van der Waals surface area contributed by atoms with Gasteiger partial charge >= 0.3 is 0 Å². The van der Waals surface area contributed by atoms with E-state index < -0.39 is 0 Å². The standard InChI is InChI=1S/C18H22N2O/c21-13-18(14-6-2-1-3-7-14)20-17-10-11-19-12-15-8-4-5-9-16(15)17/h1-9,17-21H,10-13H2/t17?,18-/m0/s1. The van der Waals surface area contributed by atoms with Crippen molar-refractivity contribution in [2.75, 3.05) is 13.2 Å². The summed E-state index contributed by atoms with van der Waals surface area (Å²) in [6, 6.07) is 19.0. The zero-order valence-corrected chi connectivity index (χ0v) is 12.1. The van der Waals surface area contributed by atoms with E-state index >= 15 is 0 Å². The highest BCUT2D eigenvalue weighted by Crippen LogP contribution is 2.26. The van der Waals surface area contributed by atoms with Crippen LogP contribution in [0.5, 0.6) is 0 Å². The normalized spacial score (nSPS) is 19.6. The molecule has 0 amide bonds. The van der Waals surface area contributed by atoms with Crippen LogP contribution in [0.3, 0.4) is 0 Å². The minimum Gasteiger partial charge on any atom is -0.394 e. The summed E-state index contributed by atoms with van der Waals surface area (Å²) in [4.78, 5) is 0. The molecule has 2 aromatic carbocycles. The monoisotopic (exact) mass is 282 g/mol. The third kappa shape index (κ3) is 3.32. The van der Waals surface area contributed by atoms with Crippen LogP contribution < -0.4 is 10.6 Å². The summed E-state index contributed by atoms with van der Waals surface area (Å²) in [6.07, 6.45) is 1.03. The molecule has 3 rings (SSSR count). The van der Waals surface area contributed by atoms with E-state index in [-0.39, 0.29) is 18.7 Å². The first-order valence-electron chi connectivity index (χ1n) is 7.59. The molecule has 0 saturated carbocycles. The number of hydrogen-bond acceptors (Lipinski definition) is 3. The fraction of sp³-hybridized carbons (Fsp3) is 0.333. The summed E-state index contributed by atoms with van der Waals surface area (Å²) in [5, 5.41) is 16.8. The van der Waals surface area contributed by atoms with Crippen molar-refractivity contribution < 1.29 is 5.11 Å². The molecule has 0 aliphatic carbocycles. The lowest BCUT2D eigenvalue weighted by Crippen LogP contribution is -2.30. The highest BCUT2D eigenvalue weighted by atomic mass is 16.3. The van der Waals surface area contributed by atoms with Gasteiger partial charge in [-0.3, -0.25) is 0 Å². The number of benzene rings is 2. The average molecular weight is 282 g/mol. The van der Waals surface area contributed by atoms with Gasteiger partial charge in [-0.2, -0.15) is 0 Å². The molecular weight excluding hydrogens is 260 g/mol. The zero-order chi connectivity index (χ0) is 14.5. The molecule has 3 heteroatoms. The predicted molar refractivity (Wildman–Crippen MR) is 84.9 cm³/mol. The fourth-order valence-corrected chi connectivity index (χ4v) is 3.02. The Morgan fingerprint density at radius 2 is 1.86 bits per heavy atom. The first kappa shape index (κ1) is 14.3. The molecule has 1 heterocycles. The lowest BCUT2D eigenvalue weighted by atomic mass is 9.97. The molecule has 2 atom stereocenters. The van der Waals surface area contributed by atoms with Gasteiger partial charge in [-0.15, -0.1) is 0 Å². The van der Waals surface area contributed by atoms with Gasteiger partial charge in [-0.05, 0) is 29.7 Å². The van der Waals surface area contributed by atoms with Crippen LogP contribution in [0, 0.1) is 0 Å².